The minimum atomic E-state index is -0.0579. The third-order valence-corrected chi connectivity index (χ3v) is 3.91. The number of rotatable bonds is 5. The molecule has 3 N–H and O–H groups in total. The van der Waals surface area contributed by atoms with Crippen molar-refractivity contribution in [1.82, 2.24) is 10.2 Å². The first-order valence-corrected chi connectivity index (χ1v) is 7.43. The standard InChI is InChI=1S/C15H33N3/c1-14(2,3)18(11-8-15(4,5)16)12-13-6-9-17-10-7-13/h13,17H,6-12,16H2,1-5H3. The van der Waals surface area contributed by atoms with Gasteiger partial charge >= 0.3 is 0 Å². The summed E-state index contributed by atoms with van der Waals surface area (Å²) in [6, 6.07) is 0. The average molecular weight is 255 g/mol. The number of nitrogens with one attached hydrogen (secondary N) is 1. The molecule has 0 spiro atoms. The van der Waals surface area contributed by atoms with Gasteiger partial charge in [-0.25, -0.2) is 0 Å². The summed E-state index contributed by atoms with van der Waals surface area (Å²) >= 11 is 0. The SMILES string of the molecule is CC(C)(N)CCN(CC1CCNCC1)C(C)(C)C. The monoisotopic (exact) mass is 255 g/mol. The third-order valence-electron chi connectivity index (χ3n) is 3.91. The molecule has 0 atom stereocenters. The van der Waals surface area contributed by atoms with E-state index in [1.54, 1.807) is 0 Å². The molecule has 1 rings (SSSR count). The summed E-state index contributed by atoms with van der Waals surface area (Å²) in [7, 11) is 0. The first-order valence-electron chi connectivity index (χ1n) is 7.43. The van der Waals surface area contributed by atoms with E-state index in [1.807, 2.05) is 0 Å². The molecule has 1 saturated heterocycles. The second-order valence-electron chi connectivity index (χ2n) is 7.55. The maximum absolute atomic E-state index is 6.12. The lowest BCUT2D eigenvalue weighted by Gasteiger charge is -2.40. The van der Waals surface area contributed by atoms with Crippen LogP contribution in [0.3, 0.4) is 0 Å². The molecule has 0 radical (unpaired) electrons. The molecule has 0 aliphatic carbocycles. The third kappa shape index (κ3) is 6.17. The summed E-state index contributed by atoms with van der Waals surface area (Å²) in [5.41, 5.74) is 6.31. The van der Waals surface area contributed by atoms with Crippen LogP contribution < -0.4 is 11.1 Å². The largest absolute Gasteiger partial charge is 0.326 e. The topological polar surface area (TPSA) is 41.3 Å². The van der Waals surface area contributed by atoms with Gasteiger partial charge in [-0.2, -0.15) is 0 Å². The van der Waals surface area contributed by atoms with E-state index < -0.39 is 0 Å². The number of hydrogen-bond donors (Lipinski definition) is 2. The molecule has 1 heterocycles. The molecule has 108 valence electrons. The average Bonchev–Trinajstić information content (AvgIpc) is 2.22. The van der Waals surface area contributed by atoms with Crippen molar-refractivity contribution in [2.45, 2.75) is 65.0 Å². The van der Waals surface area contributed by atoms with Gasteiger partial charge in [0, 0.05) is 24.2 Å². The second-order valence-corrected chi connectivity index (χ2v) is 7.55. The molecule has 0 aromatic heterocycles. The minimum Gasteiger partial charge on any atom is -0.326 e. The van der Waals surface area contributed by atoms with Gasteiger partial charge in [-0.15, -0.1) is 0 Å². The molecule has 1 aliphatic heterocycles. The fourth-order valence-corrected chi connectivity index (χ4v) is 2.50. The molecule has 0 aromatic rings. The van der Waals surface area contributed by atoms with Crippen molar-refractivity contribution in [3.8, 4) is 0 Å². The lowest BCUT2D eigenvalue weighted by Crippen LogP contribution is -2.48. The van der Waals surface area contributed by atoms with Gasteiger partial charge in [0.25, 0.3) is 0 Å². The highest BCUT2D eigenvalue weighted by Crippen LogP contribution is 2.21. The molecule has 18 heavy (non-hydrogen) atoms. The highest BCUT2D eigenvalue weighted by atomic mass is 15.2. The van der Waals surface area contributed by atoms with Crippen LogP contribution in [0.4, 0.5) is 0 Å². The zero-order chi connectivity index (χ0) is 13.8. The molecular formula is C15H33N3. The van der Waals surface area contributed by atoms with Gasteiger partial charge in [0.15, 0.2) is 0 Å². The van der Waals surface area contributed by atoms with Gasteiger partial charge in [-0.05, 0) is 72.9 Å². The predicted molar refractivity (Wildman–Crippen MR) is 79.8 cm³/mol. The molecule has 3 heteroatoms. The molecule has 3 nitrogen and oxygen atoms in total. The van der Waals surface area contributed by atoms with Crippen molar-refractivity contribution in [3.63, 3.8) is 0 Å². The van der Waals surface area contributed by atoms with Crippen molar-refractivity contribution in [2.75, 3.05) is 26.2 Å². The van der Waals surface area contributed by atoms with Crippen LogP contribution in [0, 0.1) is 5.92 Å². The normalized spacial score (nSPS) is 19.5. The quantitative estimate of drug-likeness (QED) is 0.791. The fraction of sp³-hybridized carbons (Fsp3) is 1.00. The highest BCUT2D eigenvalue weighted by Gasteiger charge is 2.26. The van der Waals surface area contributed by atoms with E-state index in [1.165, 1.54) is 32.5 Å². The summed E-state index contributed by atoms with van der Waals surface area (Å²) in [5.74, 6) is 0.853. The van der Waals surface area contributed by atoms with E-state index in [4.69, 9.17) is 5.73 Å². The van der Waals surface area contributed by atoms with Crippen LogP contribution in [-0.4, -0.2) is 42.2 Å². The Labute approximate surface area is 113 Å². The minimum absolute atomic E-state index is 0.0579. The number of piperidine rings is 1. The van der Waals surface area contributed by atoms with Gasteiger partial charge in [0.05, 0.1) is 0 Å². The van der Waals surface area contributed by atoms with Crippen molar-refractivity contribution in [1.29, 1.82) is 0 Å². The molecule has 0 unspecified atom stereocenters. The van der Waals surface area contributed by atoms with Crippen LogP contribution in [-0.2, 0) is 0 Å². The molecule has 0 aromatic carbocycles. The van der Waals surface area contributed by atoms with E-state index in [0.717, 1.165) is 18.9 Å². The summed E-state index contributed by atoms with van der Waals surface area (Å²) in [4.78, 5) is 2.62. The summed E-state index contributed by atoms with van der Waals surface area (Å²) in [6.45, 7) is 15.9. The van der Waals surface area contributed by atoms with Gasteiger partial charge in [0.2, 0.25) is 0 Å². The Bertz CT molecular complexity index is 231. The molecule has 0 amide bonds. The van der Waals surface area contributed by atoms with Gasteiger partial charge < -0.3 is 11.1 Å². The summed E-state index contributed by atoms with van der Waals surface area (Å²) in [6.07, 6.45) is 3.70. The molecule has 1 aliphatic rings. The van der Waals surface area contributed by atoms with Crippen molar-refractivity contribution in [3.05, 3.63) is 0 Å². The summed E-state index contributed by atoms with van der Waals surface area (Å²) in [5, 5.41) is 3.44. The second kappa shape index (κ2) is 6.36. The zero-order valence-corrected chi connectivity index (χ0v) is 13.1. The van der Waals surface area contributed by atoms with Crippen LogP contribution in [0.25, 0.3) is 0 Å². The van der Waals surface area contributed by atoms with E-state index in [2.05, 4.69) is 44.8 Å². The van der Waals surface area contributed by atoms with Crippen LogP contribution in [0.1, 0.15) is 53.9 Å². The van der Waals surface area contributed by atoms with Gasteiger partial charge in [0.1, 0.15) is 0 Å². The number of hydrogen-bond acceptors (Lipinski definition) is 3. The van der Waals surface area contributed by atoms with Crippen LogP contribution in [0.15, 0.2) is 0 Å². The van der Waals surface area contributed by atoms with Gasteiger partial charge in [-0.1, -0.05) is 0 Å². The lowest BCUT2D eigenvalue weighted by atomic mass is 9.93. The molecular weight excluding hydrogens is 222 g/mol. The van der Waals surface area contributed by atoms with Crippen LogP contribution in [0.2, 0.25) is 0 Å². The van der Waals surface area contributed by atoms with Crippen molar-refractivity contribution in [2.24, 2.45) is 11.7 Å². The Morgan fingerprint density at radius 2 is 1.67 bits per heavy atom. The van der Waals surface area contributed by atoms with Crippen molar-refractivity contribution < 1.29 is 0 Å². The first-order chi connectivity index (χ1) is 8.18. The molecule has 0 saturated carbocycles. The number of nitrogens with two attached hydrogens (primary N) is 1. The lowest BCUT2D eigenvalue weighted by molar-refractivity contribution is 0.0957. The summed E-state index contributed by atoms with van der Waals surface area (Å²) < 4.78 is 0. The predicted octanol–water partition coefficient (Wildman–Crippen LogP) is 2.21. The van der Waals surface area contributed by atoms with Gasteiger partial charge in [-0.3, -0.25) is 4.90 Å². The number of nitrogens with zero attached hydrogens (tertiary/aromatic N) is 1. The highest BCUT2D eigenvalue weighted by molar-refractivity contribution is 4.83. The first kappa shape index (κ1) is 15.9. The Balaban J connectivity index is 2.50. The Hall–Kier alpha value is -0.120. The fourth-order valence-electron chi connectivity index (χ4n) is 2.50. The van der Waals surface area contributed by atoms with E-state index in [0.29, 0.717) is 0 Å². The maximum Gasteiger partial charge on any atom is 0.0125 e. The van der Waals surface area contributed by atoms with E-state index >= 15 is 0 Å². The van der Waals surface area contributed by atoms with Crippen LogP contribution in [0.5, 0.6) is 0 Å². The van der Waals surface area contributed by atoms with E-state index in [-0.39, 0.29) is 11.1 Å². The van der Waals surface area contributed by atoms with E-state index in [9.17, 15) is 0 Å². The zero-order valence-electron chi connectivity index (χ0n) is 13.1. The molecule has 1 fully saturated rings. The smallest absolute Gasteiger partial charge is 0.0125 e. The maximum atomic E-state index is 6.12. The van der Waals surface area contributed by atoms with Crippen molar-refractivity contribution >= 4 is 0 Å². The van der Waals surface area contributed by atoms with Crippen LogP contribution >= 0.6 is 0 Å². The Morgan fingerprint density at radius 3 is 2.11 bits per heavy atom. The Morgan fingerprint density at radius 1 is 1.11 bits per heavy atom. The molecule has 0 bridgehead atoms. The Kier molecular flexibility index (Phi) is 5.63.